The molecule has 0 bridgehead atoms. The van der Waals surface area contributed by atoms with Crippen molar-refractivity contribution in [3.63, 3.8) is 0 Å². The lowest BCUT2D eigenvalue weighted by atomic mass is 10.2. The zero-order valence-electron chi connectivity index (χ0n) is 11.1. The van der Waals surface area contributed by atoms with E-state index in [1.54, 1.807) is 24.3 Å². The molecule has 0 unspecified atom stereocenters. The third kappa shape index (κ3) is 3.59. The van der Waals surface area contributed by atoms with Crippen molar-refractivity contribution < 1.29 is 9.53 Å². The van der Waals surface area contributed by atoms with Crippen LogP contribution < -0.4 is 10.1 Å². The Kier molecular flexibility index (Phi) is 4.35. The van der Waals surface area contributed by atoms with E-state index in [0.29, 0.717) is 17.0 Å². The van der Waals surface area contributed by atoms with Crippen molar-refractivity contribution >= 4 is 11.6 Å². The number of amides is 1. The number of anilines is 1. The Balaban J connectivity index is 1.89. The molecule has 0 aliphatic carbocycles. The molecule has 20 heavy (non-hydrogen) atoms. The van der Waals surface area contributed by atoms with E-state index in [0.717, 1.165) is 5.56 Å². The minimum atomic E-state index is -0.238. The van der Waals surface area contributed by atoms with Crippen molar-refractivity contribution in [2.24, 2.45) is 0 Å². The highest BCUT2D eigenvalue weighted by Gasteiger charge is 2.05. The molecule has 4 heteroatoms. The summed E-state index contributed by atoms with van der Waals surface area (Å²) in [5.41, 5.74) is 2.18. The van der Waals surface area contributed by atoms with Gasteiger partial charge >= 0.3 is 0 Å². The molecule has 0 atom stereocenters. The van der Waals surface area contributed by atoms with Crippen LogP contribution in [0.15, 0.2) is 48.5 Å². The number of hydrogen-bond donors (Lipinski definition) is 1. The van der Waals surface area contributed by atoms with Crippen LogP contribution in [0.1, 0.15) is 11.1 Å². The molecule has 1 amide bonds. The van der Waals surface area contributed by atoms with Gasteiger partial charge in [0.05, 0.1) is 11.6 Å². The van der Waals surface area contributed by atoms with Gasteiger partial charge in [0.1, 0.15) is 5.75 Å². The van der Waals surface area contributed by atoms with Crippen LogP contribution in [0.3, 0.4) is 0 Å². The minimum absolute atomic E-state index is 0.0507. The van der Waals surface area contributed by atoms with Gasteiger partial charge in [0.25, 0.3) is 5.91 Å². The fraction of sp³-hybridized carbons (Fsp3) is 0.125. The Morgan fingerprint density at radius 1 is 1.20 bits per heavy atom. The zero-order chi connectivity index (χ0) is 14.4. The molecule has 2 rings (SSSR count). The standard InChI is InChI=1S/C16H14N2O2/c1-12-4-2-3-5-15(12)20-11-16(19)18-14-8-6-13(10-17)7-9-14/h2-9H,11H2,1H3,(H,18,19). The van der Waals surface area contributed by atoms with Gasteiger partial charge in [-0.05, 0) is 42.8 Å². The lowest BCUT2D eigenvalue weighted by molar-refractivity contribution is -0.118. The van der Waals surface area contributed by atoms with Gasteiger partial charge in [0.2, 0.25) is 0 Å². The van der Waals surface area contributed by atoms with E-state index in [2.05, 4.69) is 5.32 Å². The second kappa shape index (κ2) is 6.39. The van der Waals surface area contributed by atoms with Crippen LogP contribution in [-0.2, 0) is 4.79 Å². The largest absolute Gasteiger partial charge is 0.483 e. The van der Waals surface area contributed by atoms with Gasteiger partial charge in [-0.2, -0.15) is 5.26 Å². The molecular weight excluding hydrogens is 252 g/mol. The second-order valence-electron chi connectivity index (χ2n) is 4.29. The number of carbonyl (C=O) groups excluding carboxylic acids is 1. The van der Waals surface area contributed by atoms with Crippen LogP contribution in [0, 0.1) is 18.3 Å². The van der Waals surface area contributed by atoms with E-state index < -0.39 is 0 Å². The lowest BCUT2D eigenvalue weighted by Crippen LogP contribution is -2.20. The number of hydrogen-bond acceptors (Lipinski definition) is 3. The average molecular weight is 266 g/mol. The fourth-order valence-corrected chi connectivity index (χ4v) is 1.69. The number of nitrogens with one attached hydrogen (secondary N) is 1. The van der Waals surface area contributed by atoms with Crippen molar-refractivity contribution in [1.29, 1.82) is 5.26 Å². The van der Waals surface area contributed by atoms with Crippen LogP contribution in [0.2, 0.25) is 0 Å². The molecule has 0 aliphatic heterocycles. The highest BCUT2D eigenvalue weighted by Crippen LogP contribution is 2.16. The van der Waals surface area contributed by atoms with Crippen molar-refractivity contribution in [1.82, 2.24) is 0 Å². The number of ether oxygens (including phenoxy) is 1. The van der Waals surface area contributed by atoms with E-state index in [-0.39, 0.29) is 12.5 Å². The first-order valence-electron chi connectivity index (χ1n) is 6.17. The summed E-state index contributed by atoms with van der Waals surface area (Å²) in [6.07, 6.45) is 0. The maximum absolute atomic E-state index is 11.8. The normalized spacial score (nSPS) is 9.60. The predicted molar refractivity (Wildman–Crippen MR) is 76.5 cm³/mol. The van der Waals surface area contributed by atoms with Crippen LogP contribution in [-0.4, -0.2) is 12.5 Å². The minimum Gasteiger partial charge on any atom is -0.483 e. The van der Waals surface area contributed by atoms with Crippen molar-refractivity contribution in [3.05, 3.63) is 59.7 Å². The highest BCUT2D eigenvalue weighted by atomic mass is 16.5. The first-order chi connectivity index (χ1) is 9.69. The average Bonchev–Trinajstić information content (AvgIpc) is 2.47. The highest BCUT2D eigenvalue weighted by molar-refractivity contribution is 5.91. The summed E-state index contributed by atoms with van der Waals surface area (Å²) < 4.78 is 5.45. The van der Waals surface area contributed by atoms with Gasteiger partial charge < -0.3 is 10.1 Å². The second-order valence-corrected chi connectivity index (χ2v) is 4.29. The van der Waals surface area contributed by atoms with Gasteiger partial charge in [-0.1, -0.05) is 18.2 Å². The van der Waals surface area contributed by atoms with Crippen LogP contribution >= 0.6 is 0 Å². The lowest BCUT2D eigenvalue weighted by Gasteiger charge is -2.09. The first-order valence-corrected chi connectivity index (χ1v) is 6.17. The van der Waals surface area contributed by atoms with E-state index >= 15 is 0 Å². The Morgan fingerprint density at radius 3 is 2.55 bits per heavy atom. The third-order valence-electron chi connectivity index (χ3n) is 2.75. The molecular formula is C16H14N2O2. The van der Waals surface area contributed by atoms with E-state index in [9.17, 15) is 4.79 Å². The molecule has 2 aromatic carbocycles. The number of nitrogens with zero attached hydrogens (tertiary/aromatic N) is 1. The van der Waals surface area contributed by atoms with Crippen LogP contribution in [0.5, 0.6) is 5.75 Å². The molecule has 0 heterocycles. The number of para-hydroxylation sites is 1. The molecule has 0 fully saturated rings. The molecule has 0 saturated heterocycles. The number of nitriles is 1. The van der Waals surface area contributed by atoms with Crippen molar-refractivity contribution in [3.8, 4) is 11.8 Å². The molecule has 0 aromatic heterocycles. The molecule has 0 saturated carbocycles. The van der Waals surface area contributed by atoms with E-state index in [1.165, 1.54) is 0 Å². The van der Waals surface area contributed by atoms with Gasteiger partial charge in [-0.3, -0.25) is 4.79 Å². The summed E-state index contributed by atoms with van der Waals surface area (Å²) >= 11 is 0. The Labute approximate surface area is 117 Å². The summed E-state index contributed by atoms with van der Waals surface area (Å²) in [6.45, 7) is 1.87. The van der Waals surface area contributed by atoms with Gasteiger partial charge in [0, 0.05) is 5.69 Å². The summed E-state index contributed by atoms with van der Waals surface area (Å²) in [5, 5.41) is 11.4. The van der Waals surface area contributed by atoms with Gasteiger partial charge in [0.15, 0.2) is 6.61 Å². The van der Waals surface area contributed by atoms with Crippen LogP contribution in [0.25, 0.3) is 0 Å². The topological polar surface area (TPSA) is 62.1 Å². The van der Waals surface area contributed by atoms with Crippen molar-refractivity contribution in [2.45, 2.75) is 6.92 Å². The van der Waals surface area contributed by atoms with Crippen LogP contribution in [0.4, 0.5) is 5.69 Å². The summed E-state index contributed by atoms with van der Waals surface area (Å²) in [4.78, 5) is 11.8. The maximum Gasteiger partial charge on any atom is 0.262 e. The predicted octanol–water partition coefficient (Wildman–Crippen LogP) is 2.88. The molecule has 1 N–H and O–H groups in total. The SMILES string of the molecule is Cc1ccccc1OCC(=O)Nc1ccc(C#N)cc1. The van der Waals surface area contributed by atoms with E-state index in [1.807, 2.05) is 37.3 Å². The number of benzene rings is 2. The number of carbonyl (C=O) groups is 1. The molecule has 0 radical (unpaired) electrons. The molecule has 100 valence electrons. The third-order valence-corrected chi connectivity index (χ3v) is 2.75. The van der Waals surface area contributed by atoms with Crippen molar-refractivity contribution in [2.75, 3.05) is 11.9 Å². The molecule has 4 nitrogen and oxygen atoms in total. The molecule has 2 aromatic rings. The smallest absolute Gasteiger partial charge is 0.262 e. The Morgan fingerprint density at radius 2 is 1.90 bits per heavy atom. The summed E-state index contributed by atoms with van der Waals surface area (Å²) in [6, 6.07) is 16.2. The molecule has 0 spiro atoms. The van der Waals surface area contributed by atoms with E-state index in [4.69, 9.17) is 10.00 Å². The van der Waals surface area contributed by atoms with Gasteiger partial charge in [-0.15, -0.1) is 0 Å². The maximum atomic E-state index is 11.8. The van der Waals surface area contributed by atoms with Gasteiger partial charge in [-0.25, -0.2) is 0 Å². The quantitative estimate of drug-likeness (QED) is 0.925. The summed E-state index contributed by atoms with van der Waals surface area (Å²) in [5.74, 6) is 0.459. The Bertz CT molecular complexity index is 642. The zero-order valence-corrected chi connectivity index (χ0v) is 11.1. The Hall–Kier alpha value is -2.80. The number of rotatable bonds is 4. The fourth-order valence-electron chi connectivity index (χ4n) is 1.69. The summed E-state index contributed by atoms with van der Waals surface area (Å²) in [7, 11) is 0. The number of aryl methyl sites for hydroxylation is 1. The monoisotopic (exact) mass is 266 g/mol. The first kappa shape index (κ1) is 13.6. The molecule has 0 aliphatic rings.